The first-order valence-electron chi connectivity index (χ1n) is 5.64. The van der Waals surface area contributed by atoms with Crippen LogP contribution in [0.1, 0.15) is 31.8 Å². The standard InChI is InChI=1S/C14H13NO4/c1-6-7(2)12(15)8-4-3-5-9(13(16)17)11(8)10(6)14(18)19/h3-5H,15H2,1-2H3,(H,16,17)(H,18,19). The topological polar surface area (TPSA) is 101 Å². The number of carboxylic acids is 2. The van der Waals surface area contributed by atoms with Gasteiger partial charge in [-0.25, -0.2) is 9.59 Å². The smallest absolute Gasteiger partial charge is 0.336 e. The highest BCUT2D eigenvalue weighted by Crippen LogP contribution is 2.34. The molecule has 0 unspecified atom stereocenters. The Morgan fingerprint density at radius 3 is 2.21 bits per heavy atom. The average Bonchev–Trinajstić information content (AvgIpc) is 2.35. The van der Waals surface area contributed by atoms with Gasteiger partial charge in [0.25, 0.3) is 0 Å². The fourth-order valence-electron chi connectivity index (χ4n) is 2.27. The zero-order chi connectivity index (χ0) is 14.3. The van der Waals surface area contributed by atoms with Crippen LogP contribution in [-0.2, 0) is 0 Å². The van der Waals surface area contributed by atoms with Gasteiger partial charge >= 0.3 is 11.9 Å². The predicted octanol–water partition coefficient (Wildman–Crippen LogP) is 2.44. The van der Waals surface area contributed by atoms with E-state index in [0.29, 0.717) is 22.2 Å². The number of fused-ring (bicyclic) bond motifs is 1. The summed E-state index contributed by atoms with van der Waals surface area (Å²) >= 11 is 0. The Kier molecular flexibility index (Phi) is 2.90. The van der Waals surface area contributed by atoms with Crippen molar-refractivity contribution in [3.63, 3.8) is 0 Å². The van der Waals surface area contributed by atoms with Crippen LogP contribution in [0.2, 0.25) is 0 Å². The first-order chi connectivity index (χ1) is 8.86. The van der Waals surface area contributed by atoms with Gasteiger partial charge in [-0.2, -0.15) is 0 Å². The van der Waals surface area contributed by atoms with Crippen LogP contribution in [-0.4, -0.2) is 22.2 Å². The fraction of sp³-hybridized carbons (Fsp3) is 0.143. The van der Waals surface area contributed by atoms with Crippen LogP contribution in [0.3, 0.4) is 0 Å². The molecule has 0 heterocycles. The number of aromatic carboxylic acids is 2. The molecule has 0 spiro atoms. The van der Waals surface area contributed by atoms with Gasteiger partial charge in [0, 0.05) is 16.5 Å². The van der Waals surface area contributed by atoms with Crippen molar-refractivity contribution < 1.29 is 19.8 Å². The van der Waals surface area contributed by atoms with Gasteiger partial charge in [0.15, 0.2) is 0 Å². The molecule has 4 N–H and O–H groups in total. The molecular weight excluding hydrogens is 246 g/mol. The lowest BCUT2D eigenvalue weighted by Gasteiger charge is -2.15. The van der Waals surface area contributed by atoms with Crippen molar-refractivity contribution in [2.75, 3.05) is 5.73 Å². The van der Waals surface area contributed by atoms with Crippen molar-refractivity contribution in [3.8, 4) is 0 Å². The number of hydrogen-bond donors (Lipinski definition) is 3. The van der Waals surface area contributed by atoms with Crippen LogP contribution >= 0.6 is 0 Å². The molecule has 0 saturated heterocycles. The molecule has 5 heteroatoms. The van der Waals surface area contributed by atoms with E-state index in [1.807, 2.05) is 0 Å². The Morgan fingerprint density at radius 1 is 1.05 bits per heavy atom. The lowest BCUT2D eigenvalue weighted by molar-refractivity contribution is 0.0695. The number of carbonyl (C=O) groups is 2. The number of nitrogen functional groups attached to an aromatic ring is 1. The minimum absolute atomic E-state index is 0.000278. The number of rotatable bonds is 2. The molecule has 98 valence electrons. The van der Waals surface area contributed by atoms with Crippen LogP contribution in [0.15, 0.2) is 18.2 Å². The van der Waals surface area contributed by atoms with Crippen molar-refractivity contribution in [1.29, 1.82) is 0 Å². The van der Waals surface area contributed by atoms with E-state index in [4.69, 9.17) is 5.73 Å². The fourth-order valence-corrected chi connectivity index (χ4v) is 2.27. The molecule has 0 aliphatic rings. The van der Waals surface area contributed by atoms with Crippen LogP contribution in [0.4, 0.5) is 5.69 Å². The first-order valence-corrected chi connectivity index (χ1v) is 5.64. The predicted molar refractivity (Wildman–Crippen MR) is 71.8 cm³/mol. The van der Waals surface area contributed by atoms with Gasteiger partial charge in [-0.05, 0) is 31.0 Å². The summed E-state index contributed by atoms with van der Waals surface area (Å²) in [6.45, 7) is 3.36. The van der Waals surface area contributed by atoms with Gasteiger partial charge in [-0.3, -0.25) is 0 Å². The number of anilines is 1. The molecule has 0 bridgehead atoms. The molecule has 2 aromatic carbocycles. The van der Waals surface area contributed by atoms with Crippen LogP contribution in [0.25, 0.3) is 10.8 Å². The minimum atomic E-state index is -1.17. The van der Waals surface area contributed by atoms with E-state index in [2.05, 4.69) is 0 Å². The van der Waals surface area contributed by atoms with Crippen LogP contribution < -0.4 is 5.73 Å². The van der Waals surface area contributed by atoms with Crippen molar-refractivity contribution in [2.45, 2.75) is 13.8 Å². The molecule has 5 nitrogen and oxygen atoms in total. The van der Waals surface area contributed by atoms with Crippen molar-refractivity contribution in [3.05, 3.63) is 40.5 Å². The van der Waals surface area contributed by atoms with Gasteiger partial charge in [-0.1, -0.05) is 12.1 Å². The summed E-state index contributed by atoms with van der Waals surface area (Å²) in [7, 11) is 0. The molecule has 0 aromatic heterocycles. The molecule has 2 rings (SSSR count). The Hall–Kier alpha value is -2.56. The largest absolute Gasteiger partial charge is 0.478 e. The maximum atomic E-state index is 11.4. The second-order valence-corrected chi connectivity index (χ2v) is 4.38. The van der Waals surface area contributed by atoms with E-state index in [1.54, 1.807) is 26.0 Å². The van der Waals surface area contributed by atoms with Gasteiger partial charge < -0.3 is 15.9 Å². The quantitative estimate of drug-likeness (QED) is 0.719. The Labute approximate surface area is 109 Å². The summed E-state index contributed by atoms with van der Waals surface area (Å²) in [4.78, 5) is 22.7. The SMILES string of the molecule is Cc1c(C)c(C(=O)O)c2c(C(=O)O)cccc2c1N. The molecular formula is C14H13NO4. The average molecular weight is 259 g/mol. The summed E-state index contributed by atoms with van der Waals surface area (Å²) in [5.74, 6) is -2.32. The maximum Gasteiger partial charge on any atom is 0.336 e. The third-order valence-corrected chi connectivity index (χ3v) is 3.39. The number of carboxylic acid groups (broad SMARTS) is 2. The summed E-state index contributed by atoms with van der Waals surface area (Å²) in [5, 5.41) is 19.2. The molecule has 0 aliphatic carbocycles. The van der Waals surface area contributed by atoms with Crippen molar-refractivity contribution in [1.82, 2.24) is 0 Å². The lowest BCUT2D eigenvalue weighted by Crippen LogP contribution is -2.09. The second kappa shape index (κ2) is 4.28. The molecule has 0 fully saturated rings. The molecule has 2 aromatic rings. The maximum absolute atomic E-state index is 11.4. The van der Waals surface area contributed by atoms with E-state index in [9.17, 15) is 19.8 Å². The number of nitrogens with two attached hydrogens (primary N) is 1. The lowest BCUT2D eigenvalue weighted by atomic mass is 9.91. The second-order valence-electron chi connectivity index (χ2n) is 4.38. The highest BCUT2D eigenvalue weighted by Gasteiger charge is 2.21. The monoisotopic (exact) mass is 259 g/mol. The van der Waals surface area contributed by atoms with E-state index in [0.717, 1.165) is 0 Å². The summed E-state index contributed by atoms with van der Waals surface area (Å²) in [6.07, 6.45) is 0. The first kappa shape index (κ1) is 12.9. The summed E-state index contributed by atoms with van der Waals surface area (Å²) in [6, 6.07) is 4.57. The van der Waals surface area contributed by atoms with Crippen molar-refractivity contribution >= 4 is 28.4 Å². The molecule has 0 atom stereocenters. The number of hydrogen-bond acceptors (Lipinski definition) is 3. The molecule has 0 saturated carbocycles. The van der Waals surface area contributed by atoms with E-state index in [1.165, 1.54) is 6.07 Å². The molecule has 0 aliphatic heterocycles. The number of benzene rings is 2. The highest BCUT2D eigenvalue weighted by molar-refractivity contribution is 6.16. The molecule has 19 heavy (non-hydrogen) atoms. The minimum Gasteiger partial charge on any atom is -0.478 e. The zero-order valence-electron chi connectivity index (χ0n) is 10.5. The van der Waals surface area contributed by atoms with Crippen LogP contribution in [0.5, 0.6) is 0 Å². The summed E-state index contributed by atoms with van der Waals surface area (Å²) < 4.78 is 0. The summed E-state index contributed by atoms with van der Waals surface area (Å²) in [5.41, 5.74) is 7.49. The van der Waals surface area contributed by atoms with E-state index >= 15 is 0 Å². The highest BCUT2D eigenvalue weighted by atomic mass is 16.4. The van der Waals surface area contributed by atoms with Gasteiger partial charge in [0.05, 0.1) is 11.1 Å². The Balaban J connectivity index is 3.14. The Bertz CT molecular complexity index is 719. The van der Waals surface area contributed by atoms with E-state index < -0.39 is 11.9 Å². The third-order valence-electron chi connectivity index (χ3n) is 3.39. The van der Waals surface area contributed by atoms with Gasteiger partial charge in [0.1, 0.15) is 0 Å². The zero-order valence-corrected chi connectivity index (χ0v) is 10.5. The van der Waals surface area contributed by atoms with Gasteiger partial charge in [-0.15, -0.1) is 0 Å². The van der Waals surface area contributed by atoms with Gasteiger partial charge in [0.2, 0.25) is 0 Å². The molecule has 0 amide bonds. The normalized spacial score (nSPS) is 10.6. The Morgan fingerprint density at radius 2 is 1.68 bits per heavy atom. The van der Waals surface area contributed by atoms with Crippen molar-refractivity contribution in [2.24, 2.45) is 0 Å². The van der Waals surface area contributed by atoms with E-state index in [-0.39, 0.29) is 16.5 Å². The third kappa shape index (κ3) is 1.79. The molecule has 0 radical (unpaired) electrons. The van der Waals surface area contributed by atoms with Crippen LogP contribution in [0, 0.1) is 13.8 Å².